The van der Waals surface area contributed by atoms with E-state index in [9.17, 15) is 9.90 Å². The number of nitrogen functional groups attached to an aromatic ring is 1. The van der Waals surface area contributed by atoms with E-state index in [0.717, 1.165) is 0 Å². The highest BCUT2D eigenvalue weighted by Gasteiger charge is 2.19. The van der Waals surface area contributed by atoms with Crippen LogP contribution in [0.5, 0.6) is 5.75 Å². The molecular weight excluding hydrogens is 188 g/mol. The number of phenols is 1. The van der Waals surface area contributed by atoms with Crippen LogP contribution < -0.4 is 11.3 Å². The van der Waals surface area contributed by atoms with E-state index in [0.29, 0.717) is 0 Å². The van der Waals surface area contributed by atoms with E-state index in [-0.39, 0.29) is 17.0 Å². The van der Waals surface area contributed by atoms with Crippen LogP contribution in [0.25, 0.3) is 0 Å². The van der Waals surface area contributed by atoms with Crippen molar-refractivity contribution in [3.05, 3.63) is 23.8 Å². The van der Waals surface area contributed by atoms with Crippen molar-refractivity contribution in [2.75, 3.05) is 5.43 Å². The number of rotatable bonds is 3. The molecule has 0 saturated carbocycles. The second-order valence-corrected chi connectivity index (χ2v) is 2.66. The molecule has 0 bridgehead atoms. The van der Waals surface area contributed by atoms with Crippen LogP contribution in [-0.2, 0) is 4.79 Å². The van der Waals surface area contributed by atoms with E-state index in [1.165, 1.54) is 18.2 Å². The molecule has 6 heteroatoms. The number of carbonyl (C=O) groups is 1. The molecule has 0 radical (unpaired) electrons. The van der Waals surface area contributed by atoms with Gasteiger partial charge in [-0.3, -0.25) is 5.84 Å². The number of anilines is 1. The maximum absolute atomic E-state index is 10.5. The molecular formula is C8H10N2O4. The Hall–Kier alpha value is -1.79. The predicted molar refractivity (Wildman–Crippen MR) is 48.5 cm³/mol. The van der Waals surface area contributed by atoms with E-state index >= 15 is 0 Å². The number of aromatic hydroxyl groups is 1. The standard InChI is InChI=1S/C8H10N2O4/c9-10-6-3-4(11)1-2-5(6)7(12)8(13)14/h1-3,7,10-12H,9H2,(H,13,14). The van der Waals surface area contributed by atoms with Gasteiger partial charge in [-0.1, -0.05) is 6.07 Å². The topological polar surface area (TPSA) is 116 Å². The Morgan fingerprint density at radius 1 is 1.50 bits per heavy atom. The molecule has 6 nitrogen and oxygen atoms in total. The molecule has 0 aliphatic rings. The van der Waals surface area contributed by atoms with Crippen molar-refractivity contribution in [3.63, 3.8) is 0 Å². The average Bonchev–Trinajstić information content (AvgIpc) is 2.16. The average molecular weight is 198 g/mol. The molecule has 1 aromatic carbocycles. The van der Waals surface area contributed by atoms with Gasteiger partial charge in [-0.05, 0) is 6.07 Å². The molecule has 0 heterocycles. The lowest BCUT2D eigenvalue weighted by molar-refractivity contribution is -0.146. The summed E-state index contributed by atoms with van der Waals surface area (Å²) >= 11 is 0. The van der Waals surface area contributed by atoms with Crippen molar-refractivity contribution >= 4 is 11.7 Å². The number of hydrogen-bond acceptors (Lipinski definition) is 5. The number of aliphatic hydroxyl groups is 1. The molecule has 1 rings (SSSR count). The zero-order valence-electron chi connectivity index (χ0n) is 7.14. The van der Waals surface area contributed by atoms with Gasteiger partial charge in [-0.2, -0.15) is 0 Å². The van der Waals surface area contributed by atoms with E-state index in [1.807, 2.05) is 0 Å². The van der Waals surface area contributed by atoms with Crippen molar-refractivity contribution in [3.8, 4) is 5.75 Å². The second kappa shape index (κ2) is 3.95. The number of benzene rings is 1. The molecule has 0 amide bonds. The zero-order valence-corrected chi connectivity index (χ0v) is 7.14. The van der Waals surface area contributed by atoms with Crippen molar-refractivity contribution < 1.29 is 20.1 Å². The first-order valence-electron chi connectivity index (χ1n) is 3.76. The highest BCUT2D eigenvalue weighted by atomic mass is 16.4. The summed E-state index contributed by atoms with van der Waals surface area (Å²) in [5.41, 5.74) is 2.45. The van der Waals surface area contributed by atoms with Crippen LogP contribution >= 0.6 is 0 Å². The third-order valence-electron chi connectivity index (χ3n) is 1.72. The molecule has 0 aliphatic carbocycles. The smallest absolute Gasteiger partial charge is 0.337 e. The highest BCUT2D eigenvalue weighted by molar-refractivity contribution is 5.77. The molecule has 0 saturated heterocycles. The summed E-state index contributed by atoms with van der Waals surface area (Å²) in [7, 11) is 0. The van der Waals surface area contributed by atoms with Crippen LogP contribution in [0.3, 0.4) is 0 Å². The minimum absolute atomic E-state index is 0.0701. The van der Waals surface area contributed by atoms with Gasteiger partial charge in [-0.15, -0.1) is 0 Å². The molecule has 1 aromatic rings. The van der Waals surface area contributed by atoms with Crippen LogP contribution in [-0.4, -0.2) is 21.3 Å². The molecule has 0 aliphatic heterocycles. The van der Waals surface area contributed by atoms with Crippen molar-refractivity contribution in [1.82, 2.24) is 0 Å². The monoisotopic (exact) mass is 198 g/mol. The van der Waals surface area contributed by atoms with Crippen LogP contribution in [0.15, 0.2) is 18.2 Å². The predicted octanol–water partition coefficient (Wildman–Crippen LogP) is -0.204. The Balaban J connectivity index is 3.13. The van der Waals surface area contributed by atoms with Crippen LogP contribution in [0, 0.1) is 0 Å². The Labute approximate surface area is 79.6 Å². The second-order valence-electron chi connectivity index (χ2n) is 2.66. The first-order chi connectivity index (χ1) is 6.56. The van der Waals surface area contributed by atoms with Gasteiger partial charge in [0.25, 0.3) is 0 Å². The number of carboxylic acid groups (broad SMARTS) is 1. The van der Waals surface area contributed by atoms with Gasteiger partial charge in [0.1, 0.15) is 5.75 Å². The first kappa shape index (κ1) is 10.3. The summed E-state index contributed by atoms with van der Waals surface area (Å²) in [6.45, 7) is 0. The fourth-order valence-electron chi connectivity index (χ4n) is 1.04. The van der Waals surface area contributed by atoms with E-state index in [2.05, 4.69) is 5.43 Å². The number of hydrazine groups is 1. The maximum atomic E-state index is 10.5. The Kier molecular flexibility index (Phi) is 2.90. The van der Waals surface area contributed by atoms with Gasteiger partial charge < -0.3 is 20.7 Å². The molecule has 1 atom stereocenters. The largest absolute Gasteiger partial charge is 0.508 e. The van der Waals surface area contributed by atoms with Gasteiger partial charge in [0.15, 0.2) is 6.10 Å². The lowest BCUT2D eigenvalue weighted by atomic mass is 10.1. The van der Waals surface area contributed by atoms with Crippen molar-refractivity contribution in [1.29, 1.82) is 0 Å². The third-order valence-corrected chi connectivity index (χ3v) is 1.72. The number of hydrogen-bond donors (Lipinski definition) is 5. The number of aliphatic hydroxyl groups excluding tert-OH is 1. The summed E-state index contributed by atoms with van der Waals surface area (Å²) in [5, 5.41) is 26.8. The lowest BCUT2D eigenvalue weighted by Gasteiger charge is -2.11. The zero-order chi connectivity index (χ0) is 10.7. The molecule has 0 spiro atoms. The lowest BCUT2D eigenvalue weighted by Crippen LogP contribution is -2.15. The van der Waals surface area contributed by atoms with Crippen molar-refractivity contribution in [2.24, 2.45) is 5.84 Å². The molecule has 14 heavy (non-hydrogen) atoms. The summed E-state index contributed by atoms with van der Waals surface area (Å²) in [4.78, 5) is 10.5. The normalized spacial score (nSPS) is 12.1. The Morgan fingerprint density at radius 2 is 2.14 bits per heavy atom. The SMILES string of the molecule is NNc1cc(O)ccc1C(O)C(=O)O. The quantitative estimate of drug-likeness (QED) is 0.339. The van der Waals surface area contributed by atoms with Crippen LogP contribution in [0.4, 0.5) is 5.69 Å². The van der Waals surface area contributed by atoms with Crippen LogP contribution in [0.1, 0.15) is 11.7 Å². The highest BCUT2D eigenvalue weighted by Crippen LogP contribution is 2.26. The first-order valence-corrected chi connectivity index (χ1v) is 3.76. The number of phenolic OH excluding ortho intramolecular Hbond substituents is 1. The summed E-state index contributed by atoms with van der Waals surface area (Å²) in [6, 6.07) is 3.77. The number of nitrogens with two attached hydrogens (primary N) is 1. The van der Waals surface area contributed by atoms with Crippen molar-refractivity contribution in [2.45, 2.75) is 6.10 Å². The van der Waals surface area contributed by atoms with Crippen LogP contribution in [0.2, 0.25) is 0 Å². The maximum Gasteiger partial charge on any atom is 0.337 e. The van der Waals surface area contributed by atoms with Gasteiger partial charge in [0, 0.05) is 11.6 Å². The van der Waals surface area contributed by atoms with E-state index in [1.54, 1.807) is 0 Å². The third kappa shape index (κ3) is 1.93. The summed E-state index contributed by atoms with van der Waals surface area (Å²) < 4.78 is 0. The van der Waals surface area contributed by atoms with Gasteiger partial charge in [0.2, 0.25) is 0 Å². The molecule has 0 fully saturated rings. The fourth-order valence-corrected chi connectivity index (χ4v) is 1.04. The Bertz CT molecular complexity index is 353. The molecule has 6 N–H and O–H groups in total. The summed E-state index contributed by atoms with van der Waals surface area (Å²) in [6.07, 6.45) is -1.67. The molecule has 76 valence electrons. The number of aliphatic carboxylic acids is 1. The molecule has 0 aromatic heterocycles. The summed E-state index contributed by atoms with van der Waals surface area (Å²) in [5.74, 6) is 3.64. The van der Waals surface area contributed by atoms with Gasteiger partial charge in [-0.25, -0.2) is 4.79 Å². The van der Waals surface area contributed by atoms with Gasteiger partial charge >= 0.3 is 5.97 Å². The number of carboxylic acids is 1. The van der Waals surface area contributed by atoms with E-state index < -0.39 is 12.1 Å². The minimum Gasteiger partial charge on any atom is -0.508 e. The number of nitrogens with one attached hydrogen (secondary N) is 1. The van der Waals surface area contributed by atoms with Gasteiger partial charge in [0.05, 0.1) is 5.69 Å². The fraction of sp³-hybridized carbons (Fsp3) is 0.125. The minimum atomic E-state index is -1.67. The Morgan fingerprint density at radius 3 is 2.64 bits per heavy atom. The van der Waals surface area contributed by atoms with E-state index in [4.69, 9.17) is 16.1 Å². The molecule has 1 unspecified atom stereocenters.